The molecule has 2 rings (SSSR count). The highest BCUT2D eigenvalue weighted by Gasteiger charge is 2.28. The average Bonchev–Trinajstić information content (AvgIpc) is 2.40. The zero-order valence-corrected chi connectivity index (χ0v) is 10.8. The largest absolute Gasteiger partial charge is 0.192 e. The summed E-state index contributed by atoms with van der Waals surface area (Å²) >= 11 is 0. The Balaban J connectivity index is 2.67. The molecular formula is C16H16N2. The van der Waals surface area contributed by atoms with Crippen molar-refractivity contribution in [3.8, 4) is 12.1 Å². The van der Waals surface area contributed by atoms with E-state index in [4.69, 9.17) is 0 Å². The lowest BCUT2D eigenvalue weighted by atomic mass is 9.73. The number of aryl methyl sites for hydroxylation is 1. The van der Waals surface area contributed by atoms with Gasteiger partial charge in [0.05, 0.1) is 0 Å². The molecule has 18 heavy (non-hydrogen) atoms. The first kappa shape index (κ1) is 12.4. The first-order valence-corrected chi connectivity index (χ1v) is 6.31. The number of benzene rings is 1. The Kier molecular flexibility index (Phi) is 3.49. The molecule has 0 spiro atoms. The Bertz CT molecular complexity index is 551. The molecule has 0 aliphatic heterocycles. The Morgan fingerprint density at radius 1 is 1.22 bits per heavy atom. The second-order valence-corrected chi connectivity index (χ2v) is 5.06. The first-order chi connectivity index (χ1) is 8.69. The average molecular weight is 236 g/mol. The van der Waals surface area contributed by atoms with Gasteiger partial charge >= 0.3 is 0 Å². The van der Waals surface area contributed by atoms with E-state index in [0.29, 0.717) is 11.8 Å². The van der Waals surface area contributed by atoms with Crippen LogP contribution in [0.2, 0.25) is 0 Å². The molecule has 1 unspecified atom stereocenters. The third kappa shape index (κ3) is 2.03. The van der Waals surface area contributed by atoms with Crippen molar-refractivity contribution >= 4 is 5.57 Å². The number of hydrogen-bond donors (Lipinski definition) is 0. The van der Waals surface area contributed by atoms with Crippen LogP contribution in [-0.2, 0) is 6.42 Å². The van der Waals surface area contributed by atoms with Crippen LogP contribution in [0.1, 0.15) is 31.4 Å². The summed E-state index contributed by atoms with van der Waals surface area (Å²) in [4.78, 5) is 0. The lowest BCUT2D eigenvalue weighted by Gasteiger charge is -2.30. The van der Waals surface area contributed by atoms with Crippen LogP contribution in [0, 0.1) is 34.5 Å². The van der Waals surface area contributed by atoms with Crippen molar-refractivity contribution in [3.63, 3.8) is 0 Å². The maximum atomic E-state index is 9.17. The number of allylic oxidation sites excluding steroid dienone is 2. The van der Waals surface area contributed by atoms with Gasteiger partial charge < -0.3 is 0 Å². The zero-order valence-electron chi connectivity index (χ0n) is 10.8. The van der Waals surface area contributed by atoms with E-state index in [2.05, 4.69) is 32.1 Å². The van der Waals surface area contributed by atoms with Gasteiger partial charge in [-0.1, -0.05) is 38.1 Å². The van der Waals surface area contributed by atoms with Gasteiger partial charge in [0, 0.05) is 0 Å². The van der Waals surface area contributed by atoms with Crippen molar-refractivity contribution in [1.29, 1.82) is 10.5 Å². The van der Waals surface area contributed by atoms with Crippen LogP contribution in [0.15, 0.2) is 29.8 Å². The molecule has 0 aromatic heterocycles. The van der Waals surface area contributed by atoms with Gasteiger partial charge in [-0.25, -0.2) is 0 Å². The topological polar surface area (TPSA) is 47.6 Å². The van der Waals surface area contributed by atoms with Crippen molar-refractivity contribution in [3.05, 3.63) is 41.0 Å². The van der Waals surface area contributed by atoms with Gasteiger partial charge in [-0.05, 0) is 41.4 Å². The molecule has 1 aliphatic rings. The van der Waals surface area contributed by atoms with Gasteiger partial charge in [0.15, 0.2) is 0 Å². The van der Waals surface area contributed by atoms with Crippen LogP contribution >= 0.6 is 0 Å². The van der Waals surface area contributed by atoms with Gasteiger partial charge in [0.25, 0.3) is 0 Å². The lowest BCUT2D eigenvalue weighted by molar-refractivity contribution is 0.440. The van der Waals surface area contributed by atoms with Gasteiger partial charge in [-0.3, -0.25) is 0 Å². The minimum atomic E-state index is 0.279. The fourth-order valence-electron chi connectivity index (χ4n) is 2.79. The molecule has 90 valence electrons. The third-order valence-electron chi connectivity index (χ3n) is 3.70. The predicted octanol–water partition coefficient (Wildman–Crippen LogP) is 3.71. The number of fused-ring (bicyclic) bond motifs is 1. The van der Waals surface area contributed by atoms with Crippen LogP contribution in [-0.4, -0.2) is 0 Å². The minimum Gasteiger partial charge on any atom is -0.192 e. The first-order valence-electron chi connectivity index (χ1n) is 6.31. The SMILES string of the molecule is CC(C)C1CCc2ccccc2C1=C(C#N)C#N. The molecule has 0 saturated heterocycles. The molecule has 0 saturated carbocycles. The monoisotopic (exact) mass is 236 g/mol. The van der Waals surface area contributed by atoms with Crippen LogP contribution in [0.25, 0.3) is 5.57 Å². The summed E-state index contributed by atoms with van der Waals surface area (Å²) in [7, 11) is 0. The molecule has 0 bridgehead atoms. The summed E-state index contributed by atoms with van der Waals surface area (Å²) in [5, 5.41) is 18.3. The zero-order chi connectivity index (χ0) is 13.1. The molecule has 0 fully saturated rings. The van der Waals surface area contributed by atoms with E-state index in [-0.39, 0.29) is 5.57 Å². The highest BCUT2D eigenvalue weighted by Crippen LogP contribution is 2.40. The third-order valence-corrected chi connectivity index (χ3v) is 3.70. The van der Waals surface area contributed by atoms with Crippen molar-refractivity contribution < 1.29 is 0 Å². The van der Waals surface area contributed by atoms with E-state index in [0.717, 1.165) is 24.0 Å². The maximum absolute atomic E-state index is 9.17. The van der Waals surface area contributed by atoms with E-state index < -0.39 is 0 Å². The van der Waals surface area contributed by atoms with Crippen molar-refractivity contribution in [2.75, 3.05) is 0 Å². The minimum absolute atomic E-state index is 0.279. The van der Waals surface area contributed by atoms with Gasteiger partial charge in [0.2, 0.25) is 0 Å². The normalized spacial score (nSPS) is 17.8. The number of hydrogen-bond acceptors (Lipinski definition) is 2. The summed E-state index contributed by atoms with van der Waals surface area (Å²) in [5.74, 6) is 0.763. The van der Waals surface area contributed by atoms with E-state index in [9.17, 15) is 10.5 Å². The Morgan fingerprint density at radius 2 is 1.89 bits per heavy atom. The molecule has 2 nitrogen and oxygen atoms in total. The summed E-state index contributed by atoms with van der Waals surface area (Å²) < 4.78 is 0. The molecule has 1 aromatic rings. The standard InChI is InChI=1S/C16H16N2/c1-11(2)14-8-7-12-5-3-4-6-15(12)16(14)13(9-17)10-18/h3-6,11,14H,7-8H2,1-2H3. The summed E-state index contributed by atoms with van der Waals surface area (Å²) in [6.07, 6.45) is 2.06. The highest BCUT2D eigenvalue weighted by molar-refractivity contribution is 5.79. The molecule has 0 amide bonds. The van der Waals surface area contributed by atoms with Crippen LogP contribution in [0.4, 0.5) is 0 Å². The van der Waals surface area contributed by atoms with Crippen LogP contribution < -0.4 is 0 Å². The predicted molar refractivity (Wildman–Crippen MR) is 71.2 cm³/mol. The molecule has 2 heteroatoms. The fourth-order valence-corrected chi connectivity index (χ4v) is 2.79. The molecule has 0 N–H and O–H groups in total. The van der Waals surface area contributed by atoms with E-state index in [1.54, 1.807) is 0 Å². The van der Waals surface area contributed by atoms with Crippen LogP contribution in [0.3, 0.4) is 0 Å². The lowest BCUT2D eigenvalue weighted by Crippen LogP contribution is -2.19. The number of nitriles is 2. The van der Waals surface area contributed by atoms with Gasteiger partial charge in [-0.15, -0.1) is 0 Å². The molecular weight excluding hydrogens is 220 g/mol. The second kappa shape index (κ2) is 5.07. The Hall–Kier alpha value is -2.06. The smallest absolute Gasteiger partial charge is 0.133 e. The highest BCUT2D eigenvalue weighted by atomic mass is 14.4. The molecule has 1 aliphatic carbocycles. The van der Waals surface area contributed by atoms with E-state index in [1.807, 2.05) is 18.2 Å². The van der Waals surface area contributed by atoms with E-state index >= 15 is 0 Å². The summed E-state index contributed by atoms with van der Waals surface area (Å²) in [6, 6.07) is 12.3. The molecule has 1 aromatic carbocycles. The van der Waals surface area contributed by atoms with Crippen LogP contribution in [0.5, 0.6) is 0 Å². The van der Waals surface area contributed by atoms with Crippen molar-refractivity contribution in [2.24, 2.45) is 11.8 Å². The Morgan fingerprint density at radius 3 is 2.50 bits per heavy atom. The van der Waals surface area contributed by atoms with Crippen molar-refractivity contribution in [2.45, 2.75) is 26.7 Å². The molecule has 0 heterocycles. The molecule has 0 radical (unpaired) electrons. The fraction of sp³-hybridized carbons (Fsp3) is 0.375. The van der Waals surface area contributed by atoms with Gasteiger partial charge in [0.1, 0.15) is 17.7 Å². The second-order valence-electron chi connectivity index (χ2n) is 5.06. The quantitative estimate of drug-likeness (QED) is 0.698. The summed E-state index contributed by atoms with van der Waals surface area (Å²) in [6.45, 7) is 4.32. The number of rotatable bonds is 1. The maximum Gasteiger partial charge on any atom is 0.133 e. The summed E-state index contributed by atoms with van der Waals surface area (Å²) in [5.41, 5.74) is 3.59. The number of nitrogens with zero attached hydrogens (tertiary/aromatic N) is 2. The van der Waals surface area contributed by atoms with E-state index in [1.165, 1.54) is 5.56 Å². The van der Waals surface area contributed by atoms with Crippen molar-refractivity contribution in [1.82, 2.24) is 0 Å². The van der Waals surface area contributed by atoms with Gasteiger partial charge in [-0.2, -0.15) is 10.5 Å². The molecule has 1 atom stereocenters. The Labute approximate surface area is 108 Å².